The summed E-state index contributed by atoms with van der Waals surface area (Å²) >= 11 is 0. The molecule has 1 aromatic rings. The molecule has 5 nitrogen and oxygen atoms in total. The van der Waals surface area contributed by atoms with Crippen LogP contribution in [0.15, 0.2) is 35.5 Å². The van der Waals surface area contributed by atoms with Gasteiger partial charge in [0.05, 0.1) is 13.3 Å². The number of ketones is 1. The lowest BCUT2D eigenvalue weighted by molar-refractivity contribution is -0.118. The zero-order chi connectivity index (χ0) is 17.8. The number of para-hydroxylation sites is 1. The molecule has 1 fully saturated rings. The molecule has 4 atom stereocenters. The van der Waals surface area contributed by atoms with E-state index in [-0.39, 0.29) is 35.2 Å². The van der Waals surface area contributed by atoms with Gasteiger partial charge in [-0.1, -0.05) is 32.0 Å². The van der Waals surface area contributed by atoms with E-state index >= 15 is 0 Å². The molecule has 0 aromatic heterocycles. The number of ether oxygens (including phenoxy) is 1. The van der Waals surface area contributed by atoms with Crippen LogP contribution in [0.1, 0.15) is 45.1 Å². The number of benzene rings is 1. The lowest BCUT2D eigenvalue weighted by Crippen LogP contribution is -2.52. The van der Waals surface area contributed by atoms with Gasteiger partial charge in [0.15, 0.2) is 5.78 Å². The zero-order valence-corrected chi connectivity index (χ0v) is 15.3. The summed E-state index contributed by atoms with van der Waals surface area (Å²) in [5, 5.41) is 3.62. The molecule has 2 aliphatic heterocycles. The molecule has 3 N–H and O–H groups in total. The summed E-state index contributed by atoms with van der Waals surface area (Å²) < 4.78 is 5.64. The largest absolute Gasteiger partial charge is 0.496 e. The van der Waals surface area contributed by atoms with Gasteiger partial charge in [0.25, 0.3) is 0 Å². The molecule has 0 bridgehead atoms. The summed E-state index contributed by atoms with van der Waals surface area (Å²) in [7, 11) is 1.70. The van der Waals surface area contributed by atoms with Crippen molar-refractivity contribution in [1.29, 1.82) is 0 Å². The number of carbonyl (C=O) groups is 1. The van der Waals surface area contributed by atoms with Crippen LogP contribution in [-0.2, 0) is 4.79 Å². The van der Waals surface area contributed by atoms with Gasteiger partial charge >= 0.3 is 0 Å². The minimum Gasteiger partial charge on any atom is -0.496 e. The first-order valence-electron chi connectivity index (χ1n) is 9.08. The molecular formula is C20H27N3O2. The van der Waals surface area contributed by atoms with Crippen molar-refractivity contribution in [2.24, 2.45) is 11.3 Å². The number of methoxy groups -OCH3 is 1. The average molecular weight is 341 g/mol. The first kappa shape index (κ1) is 16.6. The van der Waals surface area contributed by atoms with Crippen LogP contribution in [-0.4, -0.2) is 25.1 Å². The predicted molar refractivity (Wildman–Crippen MR) is 96.9 cm³/mol. The van der Waals surface area contributed by atoms with Crippen LogP contribution >= 0.6 is 0 Å². The van der Waals surface area contributed by atoms with E-state index in [2.05, 4.69) is 43.0 Å². The highest BCUT2D eigenvalue weighted by molar-refractivity contribution is 5.99. The van der Waals surface area contributed by atoms with E-state index in [1.807, 2.05) is 18.2 Å². The number of hydrogen-bond donors (Lipinski definition) is 3. The summed E-state index contributed by atoms with van der Waals surface area (Å²) in [4.78, 5) is 13.1. The van der Waals surface area contributed by atoms with E-state index in [1.165, 1.54) is 0 Å². The maximum atomic E-state index is 13.1. The minimum atomic E-state index is -0.00126. The Hall–Kier alpha value is -1.85. The molecule has 134 valence electrons. The lowest BCUT2D eigenvalue weighted by Gasteiger charge is -2.44. The van der Waals surface area contributed by atoms with Crippen molar-refractivity contribution in [3.63, 3.8) is 0 Å². The fourth-order valence-electron chi connectivity index (χ4n) is 4.81. The van der Waals surface area contributed by atoms with Gasteiger partial charge < -0.3 is 10.1 Å². The third kappa shape index (κ3) is 2.66. The molecule has 3 unspecified atom stereocenters. The Kier molecular flexibility index (Phi) is 3.89. The fourth-order valence-corrected chi connectivity index (χ4v) is 4.81. The summed E-state index contributed by atoms with van der Waals surface area (Å²) in [6.45, 7) is 6.51. The van der Waals surface area contributed by atoms with Crippen LogP contribution in [0.2, 0.25) is 0 Å². The molecule has 4 rings (SSSR count). The molecule has 2 heterocycles. The highest BCUT2D eigenvalue weighted by Crippen LogP contribution is 2.49. The summed E-state index contributed by atoms with van der Waals surface area (Å²) in [6, 6.07) is 8.37. The molecule has 1 aromatic carbocycles. The van der Waals surface area contributed by atoms with Gasteiger partial charge in [0.2, 0.25) is 0 Å². The van der Waals surface area contributed by atoms with Crippen molar-refractivity contribution in [2.75, 3.05) is 7.11 Å². The fraction of sp³-hybridized carbons (Fsp3) is 0.550. The number of hydrazine groups is 1. The van der Waals surface area contributed by atoms with Crippen molar-refractivity contribution >= 4 is 5.78 Å². The summed E-state index contributed by atoms with van der Waals surface area (Å²) in [6.07, 6.45) is 1.62. The Bertz CT molecular complexity index is 740. The van der Waals surface area contributed by atoms with Crippen molar-refractivity contribution in [2.45, 2.75) is 51.7 Å². The second-order valence-corrected chi connectivity index (χ2v) is 8.33. The van der Waals surface area contributed by atoms with Gasteiger partial charge in [-0.2, -0.15) is 0 Å². The number of rotatable bonds is 2. The van der Waals surface area contributed by atoms with Gasteiger partial charge in [-0.3, -0.25) is 10.2 Å². The SMILES string of the molecule is COc1ccccc1[C@H]1C2=C(CC(C)(C)CC2=O)NC2NNC(C)C21. The first-order valence-corrected chi connectivity index (χ1v) is 9.08. The lowest BCUT2D eigenvalue weighted by atomic mass is 9.65. The maximum Gasteiger partial charge on any atom is 0.161 e. The van der Waals surface area contributed by atoms with Gasteiger partial charge in [-0.25, -0.2) is 5.43 Å². The first-order chi connectivity index (χ1) is 11.9. The Morgan fingerprint density at radius 1 is 1.16 bits per heavy atom. The zero-order valence-electron chi connectivity index (χ0n) is 15.3. The molecule has 0 saturated carbocycles. The monoisotopic (exact) mass is 341 g/mol. The molecule has 0 radical (unpaired) electrons. The minimum absolute atomic E-state index is 0.00126. The van der Waals surface area contributed by atoms with Crippen LogP contribution in [0.3, 0.4) is 0 Å². The van der Waals surface area contributed by atoms with Crippen LogP contribution in [0.4, 0.5) is 0 Å². The number of allylic oxidation sites excluding steroid dienone is 2. The molecule has 0 spiro atoms. The normalized spacial score (nSPS) is 33.5. The van der Waals surface area contributed by atoms with Crippen molar-refractivity contribution in [3.8, 4) is 5.75 Å². The number of carbonyl (C=O) groups excluding carboxylic acids is 1. The number of Topliss-reactive ketones (excluding diaryl/α,β-unsaturated/α-hetero) is 1. The van der Waals surface area contributed by atoms with E-state index < -0.39 is 0 Å². The van der Waals surface area contributed by atoms with Crippen LogP contribution < -0.4 is 20.9 Å². The Morgan fingerprint density at radius 2 is 1.92 bits per heavy atom. The van der Waals surface area contributed by atoms with E-state index in [9.17, 15) is 4.79 Å². The molecule has 5 heteroatoms. The maximum absolute atomic E-state index is 13.1. The smallest absolute Gasteiger partial charge is 0.161 e. The molecule has 0 amide bonds. The third-order valence-electron chi connectivity index (χ3n) is 5.85. The summed E-state index contributed by atoms with van der Waals surface area (Å²) in [5.41, 5.74) is 9.89. The number of nitrogens with one attached hydrogen (secondary N) is 3. The second kappa shape index (κ2) is 5.85. The Morgan fingerprint density at radius 3 is 2.68 bits per heavy atom. The van der Waals surface area contributed by atoms with Crippen molar-refractivity contribution in [3.05, 3.63) is 41.1 Å². The highest BCUT2D eigenvalue weighted by atomic mass is 16.5. The number of fused-ring (bicyclic) bond motifs is 1. The van der Waals surface area contributed by atoms with Crippen molar-refractivity contribution < 1.29 is 9.53 Å². The van der Waals surface area contributed by atoms with E-state index in [4.69, 9.17) is 4.74 Å². The predicted octanol–water partition coefficient (Wildman–Crippen LogP) is 2.46. The van der Waals surface area contributed by atoms with Gasteiger partial charge in [-0.05, 0) is 24.8 Å². The van der Waals surface area contributed by atoms with Gasteiger partial charge in [0.1, 0.15) is 5.75 Å². The average Bonchev–Trinajstić information content (AvgIpc) is 2.92. The summed E-state index contributed by atoms with van der Waals surface area (Å²) in [5.74, 6) is 1.42. The second-order valence-electron chi connectivity index (χ2n) is 8.33. The third-order valence-corrected chi connectivity index (χ3v) is 5.85. The molecule has 1 aliphatic carbocycles. The van der Waals surface area contributed by atoms with Gasteiger partial charge in [-0.15, -0.1) is 0 Å². The number of hydrogen-bond acceptors (Lipinski definition) is 5. The molecule has 25 heavy (non-hydrogen) atoms. The van der Waals surface area contributed by atoms with Crippen molar-refractivity contribution in [1.82, 2.24) is 16.2 Å². The topological polar surface area (TPSA) is 62.4 Å². The highest BCUT2D eigenvalue weighted by Gasteiger charge is 2.50. The Balaban J connectivity index is 1.89. The molecular weight excluding hydrogens is 314 g/mol. The molecule has 1 saturated heterocycles. The Labute approximate surface area is 149 Å². The van der Waals surface area contributed by atoms with Gasteiger partial charge in [0, 0.05) is 41.1 Å². The van der Waals surface area contributed by atoms with Crippen LogP contribution in [0, 0.1) is 11.3 Å². The van der Waals surface area contributed by atoms with E-state index in [0.29, 0.717) is 6.42 Å². The quantitative estimate of drug-likeness (QED) is 0.771. The van der Waals surface area contributed by atoms with E-state index in [1.54, 1.807) is 7.11 Å². The van der Waals surface area contributed by atoms with Crippen LogP contribution in [0.25, 0.3) is 0 Å². The van der Waals surface area contributed by atoms with Crippen LogP contribution in [0.5, 0.6) is 5.75 Å². The van der Waals surface area contributed by atoms with E-state index in [0.717, 1.165) is 29.0 Å². The molecule has 3 aliphatic rings. The standard InChI is InChI=1S/C20H27N3O2/c1-11-16-17(12-7-5-6-8-15(12)25-4)18-13(21-19(16)23-22-11)9-20(2,3)10-14(18)24/h5-8,11,16-17,19,21-23H,9-10H2,1-4H3/t11?,16?,17-,19?/m1/s1.